The fourth-order valence-electron chi connectivity index (χ4n) is 2.26. The van der Waals surface area contributed by atoms with Gasteiger partial charge >= 0.3 is 0 Å². The molecule has 1 heterocycles. The molecular weight excluding hydrogens is 386 g/mol. The standard InChI is InChI=1S/C14H21Br2N3O/c1-18-4-6-19(7-5-18)3-2-17-10-11-8-12(15)14(20)13(16)9-11/h8-9,17,20H,2-7,10H2,1H3. The SMILES string of the molecule is CN1CCN(CCNCc2cc(Br)c(O)c(Br)c2)CC1. The van der Waals surface area contributed by atoms with E-state index in [2.05, 4.69) is 54.0 Å². The molecule has 112 valence electrons. The molecule has 0 amide bonds. The Hall–Kier alpha value is -0.140. The van der Waals surface area contributed by atoms with Crippen molar-refractivity contribution in [2.24, 2.45) is 0 Å². The number of nitrogens with zero attached hydrogens (tertiary/aromatic N) is 2. The molecule has 0 unspecified atom stereocenters. The summed E-state index contributed by atoms with van der Waals surface area (Å²) in [6.07, 6.45) is 0. The van der Waals surface area contributed by atoms with Gasteiger partial charge in [-0.1, -0.05) is 0 Å². The second-order valence-corrected chi connectivity index (χ2v) is 6.94. The van der Waals surface area contributed by atoms with Gasteiger partial charge in [0.15, 0.2) is 0 Å². The first-order valence-corrected chi connectivity index (χ1v) is 8.43. The maximum atomic E-state index is 9.67. The Labute approximate surface area is 137 Å². The van der Waals surface area contributed by atoms with Crippen LogP contribution in [0.4, 0.5) is 0 Å². The maximum Gasteiger partial charge on any atom is 0.143 e. The summed E-state index contributed by atoms with van der Waals surface area (Å²) >= 11 is 6.71. The van der Waals surface area contributed by atoms with Gasteiger partial charge < -0.3 is 15.3 Å². The van der Waals surface area contributed by atoms with Crippen LogP contribution in [-0.4, -0.2) is 61.2 Å². The first-order chi connectivity index (χ1) is 9.56. The Morgan fingerprint density at radius 1 is 1.15 bits per heavy atom. The Morgan fingerprint density at radius 3 is 2.35 bits per heavy atom. The van der Waals surface area contributed by atoms with E-state index in [1.165, 1.54) is 0 Å². The lowest BCUT2D eigenvalue weighted by Gasteiger charge is -2.32. The molecule has 1 fully saturated rings. The summed E-state index contributed by atoms with van der Waals surface area (Å²) in [6, 6.07) is 3.89. The molecule has 20 heavy (non-hydrogen) atoms. The molecule has 0 atom stereocenters. The predicted molar refractivity (Wildman–Crippen MR) is 89.2 cm³/mol. The van der Waals surface area contributed by atoms with Crippen molar-refractivity contribution in [1.82, 2.24) is 15.1 Å². The number of likely N-dealkylation sites (N-methyl/N-ethyl adjacent to an activating group) is 1. The fraction of sp³-hybridized carbons (Fsp3) is 0.571. The van der Waals surface area contributed by atoms with Crippen molar-refractivity contribution in [1.29, 1.82) is 0 Å². The van der Waals surface area contributed by atoms with Gasteiger partial charge in [0.2, 0.25) is 0 Å². The Morgan fingerprint density at radius 2 is 1.75 bits per heavy atom. The quantitative estimate of drug-likeness (QED) is 0.735. The molecule has 1 saturated heterocycles. The molecule has 0 bridgehead atoms. The summed E-state index contributed by atoms with van der Waals surface area (Å²) in [7, 11) is 2.18. The molecule has 1 aliphatic rings. The molecule has 0 spiro atoms. The van der Waals surface area contributed by atoms with Crippen LogP contribution in [-0.2, 0) is 6.54 Å². The summed E-state index contributed by atoms with van der Waals surface area (Å²) < 4.78 is 1.45. The maximum absolute atomic E-state index is 9.67. The lowest BCUT2D eigenvalue weighted by Crippen LogP contribution is -2.46. The summed E-state index contributed by atoms with van der Waals surface area (Å²) in [5.41, 5.74) is 1.15. The van der Waals surface area contributed by atoms with Gasteiger partial charge in [0, 0.05) is 45.8 Å². The number of halogens is 2. The van der Waals surface area contributed by atoms with Gasteiger partial charge in [-0.3, -0.25) is 4.90 Å². The zero-order chi connectivity index (χ0) is 14.5. The Kier molecular flexibility index (Phi) is 6.29. The van der Waals surface area contributed by atoms with Crippen molar-refractivity contribution >= 4 is 31.9 Å². The van der Waals surface area contributed by atoms with E-state index in [1.54, 1.807) is 0 Å². The van der Waals surface area contributed by atoms with E-state index in [0.29, 0.717) is 0 Å². The summed E-state index contributed by atoms with van der Waals surface area (Å²) in [4.78, 5) is 4.87. The number of hydrogen-bond donors (Lipinski definition) is 2. The van der Waals surface area contributed by atoms with E-state index in [1.807, 2.05) is 12.1 Å². The smallest absolute Gasteiger partial charge is 0.143 e. The molecule has 1 aromatic rings. The van der Waals surface area contributed by atoms with Gasteiger partial charge in [0.25, 0.3) is 0 Å². The molecule has 0 aliphatic carbocycles. The third-order valence-electron chi connectivity index (χ3n) is 3.61. The normalized spacial score (nSPS) is 17.6. The highest BCUT2D eigenvalue weighted by atomic mass is 79.9. The molecule has 2 N–H and O–H groups in total. The van der Waals surface area contributed by atoms with E-state index in [0.717, 1.165) is 60.3 Å². The van der Waals surface area contributed by atoms with Crippen LogP contribution < -0.4 is 5.32 Å². The molecule has 0 saturated carbocycles. The minimum Gasteiger partial charge on any atom is -0.506 e. The Balaban J connectivity index is 1.71. The molecule has 1 aliphatic heterocycles. The van der Waals surface area contributed by atoms with Gasteiger partial charge in [-0.2, -0.15) is 0 Å². The highest BCUT2D eigenvalue weighted by Crippen LogP contribution is 2.33. The number of aromatic hydroxyl groups is 1. The van der Waals surface area contributed by atoms with Crippen LogP contribution in [0.2, 0.25) is 0 Å². The zero-order valence-corrected chi connectivity index (χ0v) is 14.9. The number of rotatable bonds is 5. The number of phenols is 1. The van der Waals surface area contributed by atoms with E-state index in [4.69, 9.17) is 0 Å². The Bertz CT molecular complexity index is 425. The van der Waals surface area contributed by atoms with Crippen molar-refractivity contribution in [2.45, 2.75) is 6.54 Å². The highest BCUT2D eigenvalue weighted by Gasteiger charge is 2.12. The van der Waals surface area contributed by atoms with Crippen LogP contribution in [0.5, 0.6) is 5.75 Å². The average molecular weight is 407 g/mol. The lowest BCUT2D eigenvalue weighted by molar-refractivity contribution is 0.154. The van der Waals surface area contributed by atoms with Gasteiger partial charge in [-0.15, -0.1) is 0 Å². The third-order valence-corrected chi connectivity index (χ3v) is 4.82. The van der Waals surface area contributed by atoms with Crippen LogP contribution in [0.3, 0.4) is 0 Å². The molecule has 1 aromatic carbocycles. The summed E-state index contributed by atoms with van der Waals surface area (Å²) in [6.45, 7) is 7.54. The van der Waals surface area contributed by atoms with Crippen LogP contribution in [0.15, 0.2) is 21.1 Å². The summed E-state index contributed by atoms with van der Waals surface area (Å²) in [5, 5.41) is 13.1. The van der Waals surface area contributed by atoms with Gasteiger partial charge in [0.1, 0.15) is 5.75 Å². The lowest BCUT2D eigenvalue weighted by atomic mass is 10.2. The number of hydrogen-bond acceptors (Lipinski definition) is 4. The molecule has 0 radical (unpaired) electrons. The minimum absolute atomic E-state index is 0.256. The average Bonchev–Trinajstić information content (AvgIpc) is 2.43. The van der Waals surface area contributed by atoms with E-state index in [9.17, 15) is 5.11 Å². The second kappa shape index (κ2) is 7.75. The van der Waals surface area contributed by atoms with Gasteiger partial charge in [0.05, 0.1) is 8.95 Å². The van der Waals surface area contributed by atoms with Crippen LogP contribution in [0, 0.1) is 0 Å². The topological polar surface area (TPSA) is 38.7 Å². The monoisotopic (exact) mass is 405 g/mol. The van der Waals surface area contributed by atoms with Gasteiger partial charge in [-0.25, -0.2) is 0 Å². The van der Waals surface area contributed by atoms with E-state index < -0.39 is 0 Å². The van der Waals surface area contributed by atoms with Crippen molar-refractivity contribution in [3.05, 3.63) is 26.6 Å². The second-order valence-electron chi connectivity index (χ2n) is 5.23. The van der Waals surface area contributed by atoms with Crippen LogP contribution in [0.1, 0.15) is 5.56 Å². The van der Waals surface area contributed by atoms with Crippen molar-refractivity contribution in [3.8, 4) is 5.75 Å². The number of nitrogens with one attached hydrogen (secondary N) is 1. The van der Waals surface area contributed by atoms with Crippen LogP contribution in [0.25, 0.3) is 0 Å². The number of piperazine rings is 1. The van der Waals surface area contributed by atoms with E-state index in [-0.39, 0.29) is 5.75 Å². The third kappa shape index (κ3) is 4.70. The first-order valence-electron chi connectivity index (χ1n) is 6.85. The zero-order valence-electron chi connectivity index (χ0n) is 11.7. The van der Waals surface area contributed by atoms with E-state index >= 15 is 0 Å². The highest BCUT2D eigenvalue weighted by molar-refractivity contribution is 9.11. The first kappa shape index (κ1) is 16.2. The molecular formula is C14H21Br2N3O. The molecule has 4 nitrogen and oxygen atoms in total. The summed E-state index contributed by atoms with van der Waals surface area (Å²) in [5.74, 6) is 0.256. The number of benzene rings is 1. The van der Waals surface area contributed by atoms with Crippen LogP contribution >= 0.6 is 31.9 Å². The fourth-order valence-corrected chi connectivity index (χ4v) is 3.54. The predicted octanol–water partition coefficient (Wildman–Crippen LogP) is 2.25. The van der Waals surface area contributed by atoms with Crippen molar-refractivity contribution in [3.63, 3.8) is 0 Å². The largest absolute Gasteiger partial charge is 0.506 e. The molecule has 6 heteroatoms. The minimum atomic E-state index is 0.256. The van der Waals surface area contributed by atoms with Crippen molar-refractivity contribution < 1.29 is 5.11 Å². The van der Waals surface area contributed by atoms with Gasteiger partial charge in [-0.05, 0) is 56.6 Å². The molecule has 0 aromatic heterocycles. The number of phenolic OH excluding ortho intramolecular Hbond substituents is 1. The van der Waals surface area contributed by atoms with Crippen molar-refractivity contribution in [2.75, 3.05) is 46.3 Å². The molecule has 2 rings (SSSR count).